The smallest absolute Gasteiger partial charge is 0.258 e. The molecule has 4 rings (SSSR count). The Morgan fingerprint density at radius 3 is 2.84 bits per heavy atom. The molecule has 0 N–H and O–H groups in total. The second-order valence-corrected chi connectivity index (χ2v) is 7.23. The predicted molar refractivity (Wildman–Crippen MR) is 86.4 cm³/mol. The highest BCUT2D eigenvalue weighted by atomic mass is 19.3. The van der Waals surface area contributed by atoms with Crippen molar-refractivity contribution in [1.29, 1.82) is 0 Å². The van der Waals surface area contributed by atoms with Gasteiger partial charge >= 0.3 is 0 Å². The van der Waals surface area contributed by atoms with Crippen molar-refractivity contribution in [3.63, 3.8) is 0 Å². The van der Waals surface area contributed by atoms with E-state index in [-0.39, 0.29) is 32.0 Å². The van der Waals surface area contributed by atoms with E-state index in [1.807, 2.05) is 4.90 Å². The molecule has 0 saturated carbocycles. The third kappa shape index (κ3) is 2.86. The fourth-order valence-electron chi connectivity index (χ4n) is 4.21. The lowest BCUT2D eigenvalue weighted by Crippen LogP contribution is -2.59. The van der Waals surface area contributed by atoms with Crippen LogP contribution in [-0.2, 0) is 9.53 Å². The van der Waals surface area contributed by atoms with Crippen LogP contribution in [-0.4, -0.2) is 65.6 Å². The monoisotopic (exact) mass is 352 g/mol. The van der Waals surface area contributed by atoms with Crippen LogP contribution in [0.25, 0.3) is 0 Å². The first-order valence-electron chi connectivity index (χ1n) is 8.80. The molecule has 1 amide bonds. The lowest BCUT2D eigenvalue weighted by atomic mass is 9.75. The quantitative estimate of drug-likeness (QED) is 0.811. The summed E-state index contributed by atoms with van der Waals surface area (Å²) in [6, 6.07) is 0. The van der Waals surface area contributed by atoms with Crippen LogP contribution in [0.4, 0.5) is 14.6 Å². The van der Waals surface area contributed by atoms with E-state index in [9.17, 15) is 13.6 Å². The molecular formula is C17H22F2N4O2. The minimum Gasteiger partial charge on any atom is -0.368 e. The molecule has 0 aliphatic carbocycles. The average molecular weight is 352 g/mol. The topological polar surface area (TPSA) is 58.6 Å². The number of hydrogen-bond donors (Lipinski definition) is 0. The fourth-order valence-corrected chi connectivity index (χ4v) is 4.21. The highest BCUT2D eigenvalue weighted by Gasteiger charge is 2.60. The SMILES string of the molecule is O=C([C@H]1CCCO1)N1CCC(F)(F)[C@@]2(CCN(c3cnccn3)C2)C1. The van der Waals surface area contributed by atoms with E-state index >= 15 is 0 Å². The van der Waals surface area contributed by atoms with Crippen LogP contribution in [0.5, 0.6) is 0 Å². The maximum Gasteiger partial charge on any atom is 0.258 e. The van der Waals surface area contributed by atoms with E-state index < -0.39 is 17.4 Å². The van der Waals surface area contributed by atoms with Gasteiger partial charge in [-0.1, -0.05) is 0 Å². The third-order valence-corrected chi connectivity index (χ3v) is 5.71. The molecule has 3 aliphatic heterocycles. The molecule has 3 aliphatic rings. The first kappa shape index (κ1) is 16.6. The Bertz CT molecular complexity index is 639. The van der Waals surface area contributed by atoms with Crippen LogP contribution in [0.2, 0.25) is 0 Å². The molecule has 0 unspecified atom stereocenters. The van der Waals surface area contributed by atoms with Crippen molar-refractivity contribution in [2.45, 2.75) is 37.7 Å². The molecule has 3 fully saturated rings. The highest BCUT2D eigenvalue weighted by Crippen LogP contribution is 2.50. The van der Waals surface area contributed by atoms with Crippen molar-refractivity contribution >= 4 is 11.7 Å². The Morgan fingerprint density at radius 2 is 2.12 bits per heavy atom. The van der Waals surface area contributed by atoms with Crippen molar-refractivity contribution in [1.82, 2.24) is 14.9 Å². The van der Waals surface area contributed by atoms with Crippen LogP contribution in [0.15, 0.2) is 18.6 Å². The van der Waals surface area contributed by atoms with E-state index in [1.165, 1.54) is 0 Å². The summed E-state index contributed by atoms with van der Waals surface area (Å²) < 4.78 is 35.1. The normalized spacial score (nSPS) is 31.7. The Morgan fingerprint density at radius 1 is 1.24 bits per heavy atom. The predicted octanol–water partition coefficient (Wildman–Crippen LogP) is 1.72. The van der Waals surface area contributed by atoms with Crippen LogP contribution in [0, 0.1) is 5.41 Å². The molecule has 2 atom stereocenters. The number of carbonyl (C=O) groups excluding carboxylic acids is 1. The number of anilines is 1. The zero-order chi connectivity index (χ0) is 17.5. The number of rotatable bonds is 2. The molecular weight excluding hydrogens is 330 g/mol. The Balaban J connectivity index is 1.53. The molecule has 0 radical (unpaired) electrons. The van der Waals surface area contributed by atoms with Gasteiger partial charge in [-0.3, -0.25) is 9.78 Å². The second-order valence-electron chi connectivity index (χ2n) is 7.23. The minimum absolute atomic E-state index is 0.0788. The summed E-state index contributed by atoms with van der Waals surface area (Å²) in [5.41, 5.74) is -1.23. The molecule has 3 saturated heterocycles. The number of halogens is 2. The number of hydrogen-bond acceptors (Lipinski definition) is 5. The molecule has 0 bridgehead atoms. The largest absolute Gasteiger partial charge is 0.368 e. The maximum atomic E-state index is 14.8. The zero-order valence-electron chi connectivity index (χ0n) is 14.0. The summed E-state index contributed by atoms with van der Waals surface area (Å²) in [6.45, 7) is 1.43. The lowest BCUT2D eigenvalue weighted by molar-refractivity contribution is -0.173. The van der Waals surface area contributed by atoms with Crippen LogP contribution >= 0.6 is 0 Å². The second kappa shape index (κ2) is 6.16. The van der Waals surface area contributed by atoms with Gasteiger partial charge < -0.3 is 14.5 Å². The minimum atomic E-state index is -2.79. The van der Waals surface area contributed by atoms with Crippen molar-refractivity contribution in [3.8, 4) is 0 Å². The van der Waals surface area contributed by atoms with Gasteiger partial charge in [0.1, 0.15) is 11.9 Å². The van der Waals surface area contributed by atoms with Gasteiger partial charge in [0, 0.05) is 51.6 Å². The molecule has 1 aromatic heterocycles. The Labute approximate surface area is 145 Å². The van der Waals surface area contributed by atoms with E-state index in [1.54, 1.807) is 23.5 Å². The number of nitrogens with zero attached hydrogens (tertiary/aromatic N) is 4. The van der Waals surface area contributed by atoms with Gasteiger partial charge in [-0.25, -0.2) is 13.8 Å². The van der Waals surface area contributed by atoms with Gasteiger partial charge in [-0.2, -0.15) is 0 Å². The van der Waals surface area contributed by atoms with E-state index in [2.05, 4.69) is 9.97 Å². The number of carbonyl (C=O) groups is 1. The van der Waals surface area contributed by atoms with E-state index in [0.29, 0.717) is 31.8 Å². The van der Waals surface area contributed by atoms with Gasteiger partial charge in [0.2, 0.25) is 0 Å². The Hall–Kier alpha value is -1.83. The van der Waals surface area contributed by atoms with Crippen molar-refractivity contribution in [2.24, 2.45) is 5.41 Å². The fraction of sp³-hybridized carbons (Fsp3) is 0.706. The molecule has 4 heterocycles. The van der Waals surface area contributed by atoms with Gasteiger partial charge in [-0.05, 0) is 19.3 Å². The van der Waals surface area contributed by atoms with Crippen molar-refractivity contribution in [2.75, 3.05) is 37.7 Å². The maximum absolute atomic E-state index is 14.8. The number of piperidine rings is 1. The molecule has 1 spiro atoms. The summed E-state index contributed by atoms with van der Waals surface area (Å²) in [5, 5.41) is 0. The van der Waals surface area contributed by atoms with Crippen LogP contribution in [0.1, 0.15) is 25.7 Å². The van der Waals surface area contributed by atoms with Gasteiger partial charge in [0.05, 0.1) is 11.6 Å². The molecule has 1 aromatic rings. The average Bonchev–Trinajstić information content (AvgIpc) is 3.29. The van der Waals surface area contributed by atoms with E-state index in [0.717, 1.165) is 6.42 Å². The Kier molecular flexibility index (Phi) is 4.10. The number of amides is 1. The summed E-state index contributed by atoms with van der Waals surface area (Å²) in [7, 11) is 0. The lowest BCUT2D eigenvalue weighted by Gasteiger charge is -2.46. The first-order valence-corrected chi connectivity index (χ1v) is 8.80. The van der Waals surface area contributed by atoms with E-state index in [4.69, 9.17) is 4.74 Å². The summed E-state index contributed by atoms with van der Waals surface area (Å²) in [4.78, 5) is 24.3. The molecule has 0 aromatic carbocycles. The summed E-state index contributed by atoms with van der Waals surface area (Å²) >= 11 is 0. The highest BCUT2D eigenvalue weighted by molar-refractivity contribution is 5.81. The zero-order valence-corrected chi connectivity index (χ0v) is 14.0. The molecule has 25 heavy (non-hydrogen) atoms. The number of aromatic nitrogens is 2. The van der Waals surface area contributed by atoms with Crippen LogP contribution < -0.4 is 4.90 Å². The standard InChI is InChI=1S/C17H22F2N4O2/c18-17(19)4-8-23(15(24)13-2-1-9-25-13)12-16(17)3-7-22(11-16)14-10-20-5-6-21-14/h5-6,10,13H,1-4,7-9,11-12H2/t13-,16-/m1/s1. The van der Waals surface area contributed by atoms with Crippen molar-refractivity contribution in [3.05, 3.63) is 18.6 Å². The van der Waals surface area contributed by atoms with Gasteiger partial charge in [0.25, 0.3) is 11.8 Å². The summed E-state index contributed by atoms with van der Waals surface area (Å²) in [6.07, 6.45) is 5.84. The van der Waals surface area contributed by atoms with Gasteiger partial charge in [0.15, 0.2) is 0 Å². The van der Waals surface area contributed by atoms with Gasteiger partial charge in [-0.15, -0.1) is 0 Å². The third-order valence-electron chi connectivity index (χ3n) is 5.71. The molecule has 136 valence electrons. The number of alkyl halides is 2. The summed E-state index contributed by atoms with van der Waals surface area (Å²) in [5.74, 6) is -2.32. The van der Waals surface area contributed by atoms with Crippen LogP contribution in [0.3, 0.4) is 0 Å². The number of likely N-dealkylation sites (tertiary alicyclic amines) is 1. The number of ether oxygens (including phenoxy) is 1. The first-order chi connectivity index (χ1) is 12.0. The molecule has 8 heteroatoms. The van der Waals surface area contributed by atoms with Crippen molar-refractivity contribution < 1.29 is 18.3 Å². The molecule has 6 nitrogen and oxygen atoms in total.